The van der Waals surface area contributed by atoms with Crippen LogP contribution < -0.4 is 0 Å². The zero-order valence-electron chi connectivity index (χ0n) is 22.5. The van der Waals surface area contributed by atoms with Crippen LogP contribution in [0.2, 0.25) is 0 Å². The molecule has 0 aromatic carbocycles. The van der Waals surface area contributed by atoms with Gasteiger partial charge in [0.25, 0.3) is 0 Å². The molecule has 0 bridgehead atoms. The molecular formula is C30H50O3. The first-order valence-electron chi connectivity index (χ1n) is 14.4. The SMILES string of the molecule is CC(=O)O[C@H]1CC[C@@]2(C)[C@@H](CC[C@H]3[C@@H]4CC[C@H]([C@H](C)CC[C@H](C)C(C)C)[C@@]4(C)C[C@H]4O[C@]432)C1. The Bertz CT molecular complexity index is 762. The van der Waals surface area contributed by atoms with Gasteiger partial charge in [-0.1, -0.05) is 54.4 Å². The Morgan fingerprint density at radius 1 is 1.00 bits per heavy atom. The third-order valence-corrected chi connectivity index (χ3v) is 12.3. The predicted molar refractivity (Wildman–Crippen MR) is 133 cm³/mol. The molecular weight excluding hydrogens is 408 g/mol. The fourth-order valence-electron chi connectivity index (χ4n) is 10.0. The number of rotatable bonds is 6. The summed E-state index contributed by atoms with van der Waals surface area (Å²) in [5, 5.41) is 0. The maximum atomic E-state index is 11.6. The second-order valence-corrected chi connectivity index (χ2v) is 14.0. The summed E-state index contributed by atoms with van der Waals surface area (Å²) < 4.78 is 12.6. The number of carbonyl (C=O) groups excluding carboxylic acids is 1. The molecule has 4 aliphatic carbocycles. The Morgan fingerprint density at radius 2 is 1.73 bits per heavy atom. The van der Waals surface area contributed by atoms with Gasteiger partial charge in [0.05, 0.1) is 6.10 Å². The van der Waals surface area contributed by atoms with Gasteiger partial charge in [-0.05, 0) is 98.2 Å². The summed E-state index contributed by atoms with van der Waals surface area (Å²) in [6.07, 6.45) is 13.4. The van der Waals surface area contributed by atoms with Gasteiger partial charge in [-0.25, -0.2) is 0 Å². The molecule has 33 heavy (non-hydrogen) atoms. The molecule has 11 atom stereocenters. The van der Waals surface area contributed by atoms with E-state index in [0.29, 0.717) is 17.4 Å². The molecule has 1 spiro atoms. The lowest BCUT2D eigenvalue weighted by molar-refractivity contribution is -0.159. The summed E-state index contributed by atoms with van der Waals surface area (Å²) in [4.78, 5) is 11.6. The molecule has 188 valence electrons. The standard InChI is InChI=1S/C30H50O3/c1-18(2)19(3)8-9-20(4)24-12-13-25-26-11-10-22-16-23(32-21(5)31)14-15-29(22,7)30(26)27(33-30)17-28(24,25)6/h18-20,22-27H,8-17H2,1-7H3/t19-,20+,22-,23-,24+,25-,26-,27+,28+,29-,30-/m0/s1. The number of carbonyl (C=O) groups is 1. The second kappa shape index (κ2) is 8.24. The average Bonchev–Trinajstić information content (AvgIpc) is 3.36. The monoisotopic (exact) mass is 458 g/mol. The van der Waals surface area contributed by atoms with Gasteiger partial charge in [0.1, 0.15) is 11.7 Å². The van der Waals surface area contributed by atoms with Gasteiger partial charge in [0.15, 0.2) is 0 Å². The number of fused-ring (bicyclic) bond motifs is 3. The minimum atomic E-state index is -0.113. The molecule has 1 aliphatic heterocycles. The van der Waals surface area contributed by atoms with Crippen LogP contribution in [0.15, 0.2) is 0 Å². The van der Waals surface area contributed by atoms with Gasteiger partial charge in [-0.3, -0.25) is 4.79 Å². The molecule has 4 saturated carbocycles. The van der Waals surface area contributed by atoms with E-state index in [-0.39, 0.29) is 23.1 Å². The summed E-state index contributed by atoms with van der Waals surface area (Å²) in [6, 6.07) is 0. The van der Waals surface area contributed by atoms with Gasteiger partial charge < -0.3 is 9.47 Å². The van der Waals surface area contributed by atoms with Crippen LogP contribution in [-0.2, 0) is 14.3 Å². The molecule has 0 N–H and O–H groups in total. The average molecular weight is 459 g/mol. The molecule has 0 aromatic heterocycles. The first kappa shape index (κ1) is 24.1. The first-order valence-corrected chi connectivity index (χ1v) is 14.4. The largest absolute Gasteiger partial charge is 0.463 e. The molecule has 0 amide bonds. The fourth-order valence-corrected chi connectivity index (χ4v) is 10.0. The van der Waals surface area contributed by atoms with Crippen LogP contribution in [0.3, 0.4) is 0 Å². The van der Waals surface area contributed by atoms with E-state index in [9.17, 15) is 4.79 Å². The number of hydrogen-bond acceptors (Lipinski definition) is 3. The van der Waals surface area contributed by atoms with Gasteiger partial charge in [0, 0.05) is 12.3 Å². The summed E-state index contributed by atoms with van der Waals surface area (Å²) in [5.41, 5.74) is 0.870. The van der Waals surface area contributed by atoms with Gasteiger partial charge in [-0.15, -0.1) is 0 Å². The fraction of sp³-hybridized carbons (Fsp3) is 0.967. The molecule has 0 radical (unpaired) electrons. The Hall–Kier alpha value is -0.570. The van der Waals surface area contributed by atoms with Crippen molar-refractivity contribution in [3.05, 3.63) is 0 Å². The van der Waals surface area contributed by atoms with Crippen molar-refractivity contribution in [3.63, 3.8) is 0 Å². The quantitative estimate of drug-likeness (QED) is 0.307. The Balaban J connectivity index is 1.31. The van der Waals surface area contributed by atoms with Crippen molar-refractivity contribution in [2.75, 3.05) is 0 Å². The highest BCUT2D eigenvalue weighted by Gasteiger charge is 2.79. The van der Waals surface area contributed by atoms with E-state index in [1.807, 2.05) is 0 Å². The van der Waals surface area contributed by atoms with Gasteiger partial charge >= 0.3 is 5.97 Å². The van der Waals surface area contributed by atoms with Gasteiger partial charge in [0.2, 0.25) is 0 Å². The van der Waals surface area contributed by atoms with Crippen LogP contribution in [0.4, 0.5) is 0 Å². The van der Waals surface area contributed by atoms with E-state index in [0.717, 1.165) is 48.3 Å². The summed E-state index contributed by atoms with van der Waals surface area (Å²) in [6.45, 7) is 16.5. The Kier molecular flexibility index (Phi) is 6.03. The maximum Gasteiger partial charge on any atom is 0.302 e. The van der Waals surface area contributed by atoms with Crippen LogP contribution >= 0.6 is 0 Å². The summed E-state index contributed by atoms with van der Waals surface area (Å²) in [7, 11) is 0. The zero-order valence-corrected chi connectivity index (χ0v) is 22.5. The molecule has 5 aliphatic rings. The van der Waals surface area contributed by atoms with E-state index >= 15 is 0 Å². The highest BCUT2D eigenvalue weighted by atomic mass is 16.6. The van der Waals surface area contributed by atoms with E-state index in [1.165, 1.54) is 51.4 Å². The van der Waals surface area contributed by atoms with E-state index in [1.54, 1.807) is 6.92 Å². The molecule has 1 heterocycles. The van der Waals surface area contributed by atoms with Crippen molar-refractivity contribution < 1.29 is 14.3 Å². The summed E-state index contributed by atoms with van der Waals surface area (Å²) in [5.74, 6) is 5.46. The van der Waals surface area contributed by atoms with E-state index < -0.39 is 0 Å². The van der Waals surface area contributed by atoms with E-state index in [4.69, 9.17) is 9.47 Å². The van der Waals surface area contributed by atoms with Crippen LogP contribution in [0.1, 0.15) is 113 Å². The minimum Gasteiger partial charge on any atom is -0.463 e. The molecule has 3 heteroatoms. The maximum absolute atomic E-state index is 11.6. The predicted octanol–water partition coefficient (Wildman–Crippen LogP) is 7.42. The Labute approximate surface area is 203 Å². The van der Waals surface area contributed by atoms with Crippen molar-refractivity contribution in [3.8, 4) is 0 Å². The number of epoxide rings is 1. The lowest BCUT2D eigenvalue weighted by Crippen LogP contribution is -2.60. The van der Waals surface area contributed by atoms with Gasteiger partial charge in [-0.2, -0.15) is 0 Å². The van der Waals surface area contributed by atoms with Crippen LogP contribution in [0.5, 0.6) is 0 Å². The lowest BCUT2D eigenvalue weighted by atomic mass is 9.44. The molecule has 0 aromatic rings. The molecule has 0 unspecified atom stereocenters. The van der Waals surface area contributed by atoms with E-state index in [2.05, 4.69) is 41.5 Å². The summed E-state index contributed by atoms with van der Waals surface area (Å²) >= 11 is 0. The second-order valence-electron chi connectivity index (χ2n) is 14.0. The lowest BCUT2D eigenvalue weighted by Gasteiger charge is -2.59. The van der Waals surface area contributed by atoms with Crippen molar-refractivity contribution in [1.82, 2.24) is 0 Å². The topological polar surface area (TPSA) is 38.8 Å². The smallest absolute Gasteiger partial charge is 0.302 e. The number of esters is 1. The molecule has 5 fully saturated rings. The molecule has 5 rings (SSSR count). The first-order chi connectivity index (χ1) is 15.5. The third-order valence-electron chi connectivity index (χ3n) is 12.3. The highest BCUT2D eigenvalue weighted by molar-refractivity contribution is 5.66. The number of hydrogen-bond donors (Lipinski definition) is 0. The normalized spacial score (nSPS) is 49.9. The third kappa shape index (κ3) is 3.56. The van der Waals surface area contributed by atoms with Crippen molar-refractivity contribution >= 4 is 5.97 Å². The highest BCUT2D eigenvalue weighted by Crippen LogP contribution is 2.77. The van der Waals surface area contributed by atoms with Crippen LogP contribution in [0, 0.1) is 52.3 Å². The molecule has 1 saturated heterocycles. The van der Waals surface area contributed by atoms with Crippen LogP contribution in [-0.4, -0.2) is 23.8 Å². The number of ether oxygens (including phenoxy) is 2. The Morgan fingerprint density at radius 3 is 2.42 bits per heavy atom. The van der Waals surface area contributed by atoms with Crippen molar-refractivity contribution in [2.45, 2.75) is 130 Å². The van der Waals surface area contributed by atoms with Crippen molar-refractivity contribution in [1.29, 1.82) is 0 Å². The van der Waals surface area contributed by atoms with Crippen molar-refractivity contribution in [2.24, 2.45) is 52.3 Å². The minimum absolute atomic E-state index is 0.113. The zero-order chi connectivity index (χ0) is 23.8. The van der Waals surface area contributed by atoms with Crippen LogP contribution in [0.25, 0.3) is 0 Å². The molecule has 3 nitrogen and oxygen atoms in total.